The van der Waals surface area contributed by atoms with Crippen LogP contribution in [0.1, 0.15) is 0 Å². The van der Waals surface area contributed by atoms with Crippen LogP contribution in [-0.4, -0.2) is 9.67 Å². The zero-order chi connectivity index (χ0) is 12.5. The summed E-state index contributed by atoms with van der Waals surface area (Å²) in [6.45, 7) is 0. The van der Waals surface area contributed by atoms with Crippen LogP contribution >= 0.6 is 0 Å². The van der Waals surface area contributed by atoms with Gasteiger partial charge in [-0.05, 0) is 12.1 Å². The SMILES string of the molecule is O=c1cc(O)c2c(n1-c1ccccc1)=CNOC=2. The van der Waals surface area contributed by atoms with Crippen LogP contribution in [0.2, 0.25) is 0 Å². The Balaban J connectivity index is 2.46. The molecule has 5 nitrogen and oxygen atoms in total. The molecule has 0 unspecified atom stereocenters. The zero-order valence-electron chi connectivity index (χ0n) is 9.33. The lowest BCUT2D eigenvalue weighted by Crippen LogP contribution is -2.45. The van der Waals surface area contributed by atoms with E-state index in [1.54, 1.807) is 0 Å². The number of hydrogen-bond donors (Lipinski definition) is 2. The van der Waals surface area contributed by atoms with Crippen molar-refractivity contribution in [1.82, 2.24) is 10.0 Å². The third-order valence-corrected chi connectivity index (χ3v) is 2.73. The second-order valence-corrected chi connectivity index (χ2v) is 3.84. The monoisotopic (exact) mass is 242 g/mol. The van der Waals surface area contributed by atoms with Gasteiger partial charge in [-0.25, -0.2) is 5.48 Å². The molecule has 0 radical (unpaired) electrons. The molecule has 0 aliphatic carbocycles. The average molecular weight is 242 g/mol. The summed E-state index contributed by atoms with van der Waals surface area (Å²) >= 11 is 0. The van der Waals surface area contributed by atoms with Crippen LogP contribution in [0.15, 0.2) is 41.2 Å². The van der Waals surface area contributed by atoms with Gasteiger partial charge in [-0.15, -0.1) is 0 Å². The first-order valence-corrected chi connectivity index (χ1v) is 5.39. The number of aromatic hydroxyl groups is 1. The normalized spacial score (nSPS) is 12.4. The van der Waals surface area contributed by atoms with E-state index in [1.165, 1.54) is 23.1 Å². The first kappa shape index (κ1) is 10.5. The second kappa shape index (κ2) is 3.96. The molecule has 2 N–H and O–H groups in total. The number of hydrogen-bond acceptors (Lipinski definition) is 4. The van der Waals surface area contributed by atoms with Gasteiger partial charge in [0.15, 0.2) is 0 Å². The largest absolute Gasteiger partial charge is 0.507 e. The first-order valence-electron chi connectivity index (χ1n) is 5.39. The van der Waals surface area contributed by atoms with Crippen LogP contribution in [0.4, 0.5) is 0 Å². The Labute approximate surface area is 102 Å². The third-order valence-electron chi connectivity index (χ3n) is 2.73. The Morgan fingerprint density at radius 1 is 1.22 bits per heavy atom. The molecular weight excluding hydrogens is 232 g/mol. The molecule has 0 spiro atoms. The van der Waals surface area contributed by atoms with Gasteiger partial charge in [-0.1, -0.05) is 18.2 Å². The summed E-state index contributed by atoms with van der Waals surface area (Å²) in [4.78, 5) is 16.9. The van der Waals surface area contributed by atoms with Crippen molar-refractivity contribution in [3.8, 4) is 11.4 Å². The molecule has 2 aromatic rings. The summed E-state index contributed by atoms with van der Waals surface area (Å²) in [7, 11) is 0. The summed E-state index contributed by atoms with van der Waals surface area (Å²) in [6.07, 6.45) is 2.90. The lowest BCUT2D eigenvalue weighted by molar-refractivity contribution is 0.227. The highest BCUT2D eigenvalue weighted by atomic mass is 16.6. The Kier molecular flexibility index (Phi) is 2.30. The molecule has 0 saturated carbocycles. The number of nitrogens with one attached hydrogen (secondary N) is 1. The smallest absolute Gasteiger partial charge is 0.259 e. The molecule has 1 aliphatic rings. The fourth-order valence-electron chi connectivity index (χ4n) is 1.92. The molecule has 90 valence electrons. The maximum absolute atomic E-state index is 12.0. The number of pyridine rings is 1. The average Bonchev–Trinajstić information content (AvgIpc) is 2.40. The molecule has 0 bridgehead atoms. The van der Waals surface area contributed by atoms with E-state index in [2.05, 4.69) is 5.48 Å². The van der Waals surface area contributed by atoms with E-state index in [0.717, 1.165) is 5.69 Å². The molecule has 2 heterocycles. The molecule has 0 amide bonds. The third kappa shape index (κ3) is 1.53. The summed E-state index contributed by atoms with van der Waals surface area (Å²) in [5, 5.41) is 10.8. The van der Waals surface area contributed by atoms with E-state index in [9.17, 15) is 9.90 Å². The number of fused-ring (bicyclic) bond motifs is 1. The van der Waals surface area contributed by atoms with Gasteiger partial charge in [0.05, 0.1) is 16.8 Å². The Morgan fingerprint density at radius 2 is 2.00 bits per heavy atom. The predicted octanol–water partition coefficient (Wildman–Crippen LogP) is -0.446. The number of aromatic nitrogens is 1. The van der Waals surface area contributed by atoms with Crippen molar-refractivity contribution >= 4 is 12.5 Å². The minimum Gasteiger partial charge on any atom is -0.507 e. The van der Waals surface area contributed by atoms with Gasteiger partial charge in [-0.3, -0.25) is 9.36 Å². The van der Waals surface area contributed by atoms with Crippen molar-refractivity contribution in [3.63, 3.8) is 0 Å². The van der Waals surface area contributed by atoms with Crippen molar-refractivity contribution in [1.29, 1.82) is 0 Å². The molecule has 5 heteroatoms. The molecule has 0 saturated heterocycles. The van der Waals surface area contributed by atoms with Crippen molar-refractivity contribution in [2.75, 3.05) is 0 Å². The van der Waals surface area contributed by atoms with E-state index in [1.807, 2.05) is 30.3 Å². The Bertz CT molecular complexity index is 763. The molecular formula is C13H10N2O3. The van der Waals surface area contributed by atoms with Gasteiger partial charge in [0, 0.05) is 11.8 Å². The van der Waals surface area contributed by atoms with Gasteiger partial charge in [0.25, 0.3) is 5.56 Å². The number of benzene rings is 1. The standard InChI is InChI=1S/C13H10N2O3/c16-12-6-13(17)15(9-4-2-1-3-5-9)11-7-14-18-8-10(11)12/h1-8,14,16H. The highest BCUT2D eigenvalue weighted by Crippen LogP contribution is 2.02. The summed E-state index contributed by atoms with van der Waals surface area (Å²) in [5.74, 6) is -0.0973. The lowest BCUT2D eigenvalue weighted by Gasteiger charge is -2.11. The molecule has 18 heavy (non-hydrogen) atoms. The molecule has 0 atom stereocenters. The molecule has 1 aromatic heterocycles. The molecule has 1 aromatic carbocycles. The van der Waals surface area contributed by atoms with E-state index in [0.29, 0.717) is 10.6 Å². The van der Waals surface area contributed by atoms with Gasteiger partial charge in [0.1, 0.15) is 12.0 Å². The fourth-order valence-corrected chi connectivity index (χ4v) is 1.92. The molecule has 3 rings (SSSR count). The van der Waals surface area contributed by atoms with Gasteiger partial charge in [-0.2, -0.15) is 0 Å². The summed E-state index contributed by atoms with van der Waals surface area (Å²) < 4.78 is 1.50. The fraction of sp³-hybridized carbons (Fsp3) is 0. The van der Waals surface area contributed by atoms with Crippen molar-refractivity contribution in [3.05, 3.63) is 57.3 Å². The minimum atomic E-state index is -0.300. The van der Waals surface area contributed by atoms with Crippen molar-refractivity contribution in [2.24, 2.45) is 0 Å². The highest BCUT2D eigenvalue weighted by molar-refractivity contribution is 5.40. The minimum absolute atomic E-state index is 0.0973. The maximum Gasteiger partial charge on any atom is 0.259 e. The van der Waals surface area contributed by atoms with Gasteiger partial charge >= 0.3 is 0 Å². The summed E-state index contributed by atoms with van der Waals surface area (Å²) in [6, 6.07) is 10.4. The Hall–Kier alpha value is -2.69. The first-order chi connectivity index (χ1) is 8.77. The van der Waals surface area contributed by atoms with E-state index >= 15 is 0 Å². The number of nitrogens with zero attached hydrogens (tertiary/aromatic N) is 1. The van der Waals surface area contributed by atoms with Crippen LogP contribution in [0.3, 0.4) is 0 Å². The van der Waals surface area contributed by atoms with E-state index in [4.69, 9.17) is 4.84 Å². The highest BCUT2D eigenvalue weighted by Gasteiger charge is 2.08. The lowest BCUT2D eigenvalue weighted by atomic mass is 10.2. The van der Waals surface area contributed by atoms with Crippen LogP contribution in [0, 0.1) is 0 Å². The number of rotatable bonds is 1. The summed E-state index contributed by atoms with van der Waals surface area (Å²) in [5.41, 5.74) is 2.98. The number of hydroxylamine groups is 1. The van der Waals surface area contributed by atoms with Gasteiger partial charge in [0.2, 0.25) is 0 Å². The van der Waals surface area contributed by atoms with E-state index < -0.39 is 0 Å². The quantitative estimate of drug-likeness (QED) is 0.711. The maximum atomic E-state index is 12.0. The molecule has 1 aliphatic heterocycles. The second-order valence-electron chi connectivity index (χ2n) is 3.84. The van der Waals surface area contributed by atoms with E-state index in [-0.39, 0.29) is 11.3 Å². The van der Waals surface area contributed by atoms with Crippen LogP contribution in [0.5, 0.6) is 5.75 Å². The zero-order valence-corrected chi connectivity index (χ0v) is 9.33. The Morgan fingerprint density at radius 3 is 2.78 bits per heavy atom. The van der Waals surface area contributed by atoms with Crippen LogP contribution < -0.4 is 21.6 Å². The molecule has 0 fully saturated rings. The van der Waals surface area contributed by atoms with Crippen LogP contribution in [0.25, 0.3) is 18.1 Å². The van der Waals surface area contributed by atoms with Crippen molar-refractivity contribution in [2.45, 2.75) is 0 Å². The van der Waals surface area contributed by atoms with Crippen molar-refractivity contribution < 1.29 is 9.94 Å². The van der Waals surface area contributed by atoms with Crippen LogP contribution in [-0.2, 0) is 4.84 Å². The van der Waals surface area contributed by atoms with Gasteiger partial charge < -0.3 is 9.94 Å². The predicted molar refractivity (Wildman–Crippen MR) is 66.1 cm³/mol. The topological polar surface area (TPSA) is 63.5 Å². The number of para-hydroxylation sites is 1.